The van der Waals surface area contributed by atoms with E-state index in [1.54, 1.807) is 30.3 Å². The van der Waals surface area contributed by atoms with Gasteiger partial charge in [-0.05, 0) is 30.3 Å². The highest BCUT2D eigenvalue weighted by molar-refractivity contribution is 7.92. The van der Waals surface area contributed by atoms with Crippen LogP contribution < -0.4 is 10.0 Å². The number of carbonyl (C=O) groups is 1. The van der Waals surface area contributed by atoms with Gasteiger partial charge in [0, 0.05) is 18.0 Å². The number of aromatic nitrogens is 3. The molecular weight excluding hydrogens is 416 g/mol. The second-order valence-electron chi connectivity index (χ2n) is 6.14. The van der Waals surface area contributed by atoms with Crippen LogP contribution in [0.15, 0.2) is 71.9 Å². The number of amides is 1. The molecule has 152 valence electrons. The van der Waals surface area contributed by atoms with Crippen LogP contribution >= 0.6 is 0 Å². The summed E-state index contributed by atoms with van der Waals surface area (Å²) in [5.41, 5.74) is 0.751. The highest BCUT2D eigenvalue weighted by atomic mass is 32.2. The van der Waals surface area contributed by atoms with Gasteiger partial charge in [-0.2, -0.15) is 5.10 Å². The molecule has 2 N–H and O–H groups in total. The van der Waals surface area contributed by atoms with Crippen LogP contribution in [0.25, 0.3) is 5.65 Å². The lowest BCUT2D eigenvalue weighted by molar-refractivity contribution is 0.102. The van der Waals surface area contributed by atoms with Crippen molar-refractivity contribution in [2.45, 2.75) is 4.90 Å². The molecule has 0 fully saturated rings. The number of hydrogen-bond donors (Lipinski definition) is 2. The minimum atomic E-state index is -4.38. The largest absolute Gasteiger partial charge is 0.322 e. The van der Waals surface area contributed by atoms with E-state index < -0.39 is 32.5 Å². The molecule has 1 amide bonds. The Hall–Kier alpha value is -3.86. The number of sulfonamides is 1. The molecule has 0 aliphatic rings. The van der Waals surface area contributed by atoms with Crippen molar-refractivity contribution in [2.75, 3.05) is 10.0 Å². The summed E-state index contributed by atoms with van der Waals surface area (Å²) in [7, 11) is -4.38. The molecule has 0 bridgehead atoms. The van der Waals surface area contributed by atoms with Gasteiger partial charge in [0.05, 0.1) is 6.20 Å². The first-order valence-corrected chi connectivity index (χ1v) is 10.0. The van der Waals surface area contributed by atoms with Gasteiger partial charge in [-0.15, -0.1) is 0 Å². The van der Waals surface area contributed by atoms with Gasteiger partial charge in [-0.25, -0.2) is 26.7 Å². The van der Waals surface area contributed by atoms with Gasteiger partial charge in [0.15, 0.2) is 5.65 Å². The number of benzene rings is 2. The molecule has 30 heavy (non-hydrogen) atoms. The maximum atomic E-state index is 13.9. The van der Waals surface area contributed by atoms with Gasteiger partial charge in [-0.1, -0.05) is 18.2 Å². The summed E-state index contributed by atoms with van der Waals surface area (Å²) in [4.78, 5) is 15.9. The predicted octanol–water partition coefficient (Wildman–Crippen LogP) is 3.06. The molecule has 2 aromatic carbocycles. The molecule has 0 saturated heterocycles. The summed E-state index contributed by atoms with van der Waals surface area (Å²) in [6.45, 7) is 0. The van der Waals surface area contributed by atoms with E-state index in [2.05, 4.69) is 20.1 Å². The summed E-state index contributed by atoms with van der Waals surface area (Å²) in [6, 6.07) is 12.1. The Morgan fingerprint density at radius 2 is 1.80 bits per heavy atom. The molecule has 0 unspecified atom stereocenters. The maximum Gasteiger partial charge on any atom is 0.265 e. The van der Waals surface area contributed by atoms with Crippen molar-refractivity contribution in [3.8, 4) is 0 Å². The third kappa shape index (κ3) is 3.82. The molecule has 0 atom stereocenters. The molecule has 2 aromatic heterocycles. The average Bonchev–Trinajstić information content (AvgIpc) is 3.11. The Bertz CT molecular complexity index is 1360. The number of para-hydroxylation sites is 1. The first kappa shape index (κ1) is 19.5. The Kier molecular flexibility index (Phi) is 4.88. The number of fused-ring (bicyclic) bond motifs is 1. The number of halogens is 2. The Labute approximate surface area is 169 Å². The van der Waals surface area contributed by atoms with E-state index in [4.69, 9.17) is 0 Å². The number of nitrogens with one attached hydrogen (secondary N) is 2. The normalized spacial score (nSPS) is 11.4. The lowest BCUT2D eigenvalue weighted by Crippen LogP contribution is -2.16. The molecule has 8 nitrogen and oxygen atoms in total. The fourth-order valence-corrected chi connectivity index (χ4v) is 3.75. The van der Waals surface area contributed by atoms with Gasteiger partial charge in [-0.3, -0.25) is 9.52 Å². The molecule has 11 heteroatoms. The SMILES string of the molecule is O=C(Nc1ccccc1)c1cnn2ccc(NS(=O)(=O)c3ccc(F)cc3F)nc12. The van der Waals surface area contributed by atoms with Crippen LogP contribution in [0, 0.1) is 11.6 Å². The van der Waals surface area contributed by atoms with Crippen molar-refractivity contribution in [1.29, 1.82) is 0 Å². The van der Waals surface area contributed by atoms with E-state index in [0.29, 0.717) is 11.8 Å². The summed E-state index contributed by atoms with van der Waals surface area (Å²) < 4.78 is 55.3. The number of carbonyl (C=O) groups excluding carboxylic acids is 1. The quantitative estimate of drug-likeness (QED) is 0.507. The van der Waals surface area contributed by atoms with Crippen LogP contribution in [-0.2, 0) is 10.0 Å². The first-order valence-electron chi connectivity index (χ1n) is 8.52. The topological polar surface area (TPSA) is 105 Å². The van der Waals surface area contributed by atoms with Crippen LogP contribution in [0.4, 0.5) is 20.3 Å². The van der Waals surface area contributed by atoms with Gasteiger partial charge in [0.2, 0.25) is 0 Å². The van der Waals surface area contributed by atoms with E-state index in [1.807, 2.05) is 0 Å². The second-order valence-corrected chi connectivity index (χ2v) is 7.79. The van der Waals surface area contributed by atoms with Crippen LogP contribution in [0.5, 0.6) is 0 Å². The Morgan fingerprint density at radius 1 is 1.03 bits per heavy atom. The third-order valence-corrected chi connectivity index (χ3v) is 5.46. The van der Waals surface area contributed by atoms with Crippen molar-refractivity contribution in [3.05, 3.63) is 84.2 Å². The van der Waals surface area contributed by atoms with Crippen molar-refractivity contribution < 1.29 is 22.0 Å². The summed E-state index contributed by atoms with van der Waals surface area (Å²) in [6.07, 6.45) is 2.68. The fourth-order valence-electron chi connectivity index (χ4n) is 2.69. The van der Waals surface area contributed by atoms with E-state index in [-0.39, 0.29) is 17.0 Å². The maximum absolute atomic E-state index is 13.9. The van der Waals surface area contributed by atoms with E-state index in [1.165, 1.54) is 23.0 Å². The van der Waals surface area contributed by atoms with Crippen LogP contribution in [-0.4, -0.2) is 28.9 Å². The highest BCUT2D eigenvalue weighted by Crippen LogP contribution is 2.20. The summed E-state index contributed by atoms with van der Waals surface area (Å²) in [5, 5.41) is 6.70. The first-order chi connectivity index (χ1) is 14.3. The monoisotopic (exact) mass is 429 g/mol. The molecule has 4 aromatic rings. The number of nitrogens with zero attached hydrogens (tertiary/aromatic N) is 3. The van der Waals surface area contributed by atoms with Crippen LogP contribution in [0.2, 0.25) is 0 Å². The summed E-state index contributed by atoms with van der Waals surface area (Å²) in [5.74, 6) is -2.80. The zero-order valence-corrected chi connectivity index (χ0v) is 15.9. The predicted molar refractivity (Wildman–Crippen MR) is 105 cm³/mol. The lowest BCUT2D eigenvalue weighted by Gasteiger charge is -2.09. The summed E-state index contributed by atoms with van der Waals surface area (Å²) >= 11 is 0. The fraction of sp³-hybridized carbons (Fsp3) is 0. The lowest BCUT2D eigenvalue weighted by atomic mass is 10.2. The second kappa shape index (κ2) is 7.52. The van der Waals surface area contributed by atoms with Gasteiger partial charge in [0.25, 0.3) is 15.9 Å². The zero-order valence-electron chi connectivity index (χ0n) is 15.1. The van der Waals surface area contributed by atoms with Gasteiger partial charge in [0.1, 0.15) is 27.9 Å². The van der Waals surface area contributed by atoms with E-state index in [0.717, 1.165) is 12.1 Å². The molecular formula is C19H13F2N5O3S. The highest BCUT2D eigenvalue weighted by Gasteiger charge is 2.21. The van der Waals surface area contributed by atoms with Crippen molar-refractivity contribution >= 4 is 33.1 Å². The van der Waals surface area contributed by atoms with Gasteiger partial charge >= 0.3 is 0 Å². The van der Waals surface area contributed by atoms with Crippen LogP contribution in [0.1, 0.15) is 10.4 Å². The van der Waals surface area contributed by atoms with Crippen molar-refractivity contribution in [1.82, 2.24) is 14.6 Å². The average molecular weight is 429 g/mol. The zero-order chi connectivity index (χ0) is 21.3. The van der Waals surface area contributed by atoms with Crippen LogP contribution in [0.3, 0.4) is 0 Å². The minimum Gasteiger partial charge on any atom is -0.322 e. The molecule has 2 heterocycles. The standard InChI is InChI=1S/C19H13F2N5O3S/c20-12-6-7-16(15(21)10-12)30(28,29)25-17-8-9-26-18(24-17)14(11-22-26)19(27)23-13-4-2-1-3-5-13/h1-11H,(H,23,27)(H,24,25). The molecule has 0 aliphatic carbocycles. The number of hydrogen-bond acceptors (Lipinski definition) is 5. The number of anilines is 2. The van der Waals surface area contributed by atoms with Crippen molar-refractivity contribution in [3.63, 3.8) is 0 Å². The van der Waals surface area contributed by atoms with E-state index in [9.17, 15) is 22.0 Å². The van der Waals surface area contributed by atoms with Gasteiger partial charge < -0.3 is 5.32 Å². The molecule has 0 aliphatic heterocycles. The Balaban J connectivity index is 1.65. The van der Waals surface area contributed by atoms with Crippen molar-refractivity contribution in [2.24, 2.45) is 0 Å². The minimum absolute atomic E-state index is 0.0863. The third-order valence-electron chi connectivity index (χ3n) is 4.07. The number of rotatable bonds is 5. The molecule has 0 saturated carbocycles. The Morgan fingerprint density at radius 3 is 2.53 bits per heavy atom. The molecule has 0 spiro atoms. The molecule has 4 rings (SSSR count). The molecule has 0 radical (unpaired) electrons. The van der Waals surface area contributed by atoms with E-state index >= 15 is 0 Å². The smallest absolute Gasteiger partial charge is 0.265 e.